The molecule has 1 aromatic carbocycles. The zero-order chi connectivity index (χ0) is 20.2. The fourth-order valence-corrected chi connectivity index (χ4v) is 7.22. The molecule has 2 N–H and O–H groups in total. The van der Waals surface area contributed by atoms with Gasteiger partial charge in [-0.2, -0.15) is 0 Å². The Morgan fingerprint density at radius 3 is 2.48 bits per heavy atom. The summed E-state index contributed by atoms with van der Waals surface area (Å²) in [5, 5.41) is 12.6. The molecule has 1 atom stereocenters. The van der Waals surface area contributed by atoms with Crippen LogP contribution in [0.4, 0.5) is 5.69 Å². The Morgan fingerprint density at radius 2 is 1.86 bits per heavy atom. The number of aliphatic hydroxyl groups is 1. The van der Waals surface area contributed by atoms with E-state index in [4.69, 9.17) is 0 Å². The molecule has 0 radical (unpaired) electrons. The first-order valence-electron chi connectivity index (χ1n) is 11.3. The van der Waals surface area contributed by atoms with E-state index in [9.17, 15) is 14.7 Å². The molecule has 1 aliphatic heterocycles. The molecule has 0 unspecified atom stereocenters. The first kappa shape index (κ1) is 19.1. The minimum atomic E-state index is -0.190. The van der Waals surface area contributed by atoms with Crippen molar-refractivity contribution in [3.8, 4) is 0 Å². The number of fused-ring (bicyclic) bond motifs is 1. The first-order valence-corrected chi connectivity index (χ1v) is 11.3. The van der Waals surface area contributed by atoms with Crippen LogP contribution in [0, 0.1) is 23.2 Å². The molecule has 0 aromatic heterocycles. The van der Waals surface area contributed by atoms with Gasteiger partial charge in [-0.1, -0.05) is 6.07 Å². The third-order valence-corrected chi connectivity index (χ3v) is 8.04. The molecule has 0 spiro atoms. The Hall–Kier alpha value is -1.88. The van der Waals surface area contributed by atoms with E-state index in [1.807, 2.05) is 25.1 Å². The smallest absolute Gasteiger partial charge is 0.254 e. The molecule has 4 saturated carbocycles. The number of aliphatic hydroxyl groups excluding tert-OH is 1. The summed E-state index contributed by atoms with van der Waals surface area (Å²) in [5.41, 5.74) is 2.61. The minimum Gasteiger partial charge on any atom is -0.394 e. The number of carbonyl (C=O) groups excluding carboxylic acids is 2. The van der Waals surface area contributed by atoms with E-state index in [1.165, 1.54) is 38.5 Å². The molecular weight excluding hydrogens is 364 g/mol. The standard InChI is InChI=1S/C24H32N2O3/c1-15(14-27)26-6-5-19-20(23(26)29)3-2-4-21(19)25-22(28)13-24-10-16-7-17(11-24)9-18(8-16)12-24/h2-4,15-18,27H,5-14H2,1H3,(H,25,28)/t15-,16?,17?,18?,24?/m1/s1. The molecule has 5 aliphatic rings. The Kier molecular flexibility index (Phi) is 4.69. The summed E-state index contributed by atoms with van der Waals surface area (Å²) in [6.45, 7) is 2.40. The SMILES string of the molecule is C[C@H](CO)N1CCc2c(NC(=O)CC34CC5CC(CC(C5)C3)C4)cccc2C1=O. The molecule has 1 heterocycles. The fourth-order valence-electron chi connectivity index (χ4n) is 7.22. The van der Waals surface area contributed by atoms with Gasteiger partial charge in [-0.25, -0.2) is 0 Å². The molecule has 0 saturated heterocycles. The third-order valence-electron chi connectivity index (χ3n) is 8.04. The second-order valence-electron chi connectivity index (χ2n) is 10.3. The van der Waals surface area contributed by atoms with Crippen molar-refractivity contribution in [2.45, 2.75) is 64.3 Å². The molecule has 4 fully saturated rings. The van der Waals surface area contributed by atoms with E-state index in [-0.39, 0.29) is 29.9 Å². The van der Waals surface area contributed by atoms with Gasteiger partial charge in [0.15, 0.2) is 0 Å². The second kappa shape index (κ2) is 7.12. The van der Waals surface area contributed by atoms with Crippen molar-refractivity contribution in [2.75, 3.05) is 18.5 Å². The average Bonchev–Trinajstić information content (AvgIpc) is 2.66. The largest absolute Gasteiger partial charge is 0.394 e. The Labute approximate surface area is 172 Å². The van der Waals surface area contributed by atoms with Crippen LogP contribution >= 0.6 is 0 Å². The molecule has 1 aromatic rings. The summed E-state index contributed by atoms with van der Waals surface area (Å²) >= 11 is 0. The van der Waals surface area contributed by atoms with Crippen molar-refractivity contribution in [1.82, 2.24) is 4.90 Å². The lowest BCUT2D eigenvalue weighted by Crippen LogP contribution is -2.47. The monoisotopic (exact) mass is 396 g/mol. The molecule has 4 bridgehead atoms. The van der Waals surface area contributed by atoms with Crippen molar-refractivity contribution in [2.24, 2.45) is 23.2 Å². The van der Waals surface area contributed by atoms with E-state index < -0.39 is 0 Å². The highest BCUT2D eigenvalue weighted by molar-refractivity contribution is 6.00. The summed E-state index contributed by atoms with van der Waals surface area (Å²) in [4.78, 5) is 27.6. The molecule has 2 amide bonds. The van der Waals surface area contributed by atoms with Gasteiger partial charge in [0.2, 0.25) is 5.91 Å². The quantitative estimate of drug-likeness (QED) is 0.799. The van der Waals surface area contributed by atoms with E-state index in [1.54, 1.807) is 4.90 Å². The number of rotatable bonds is 5. The van der Waals surface area contributed by atoms with Crippen molar-refractivity contribution in [3.63, 3.8) is 0 Å². The van der Waals surface area contributed by atoms with E-state index in [2.05, 4.69) is 5.32 Å². The number of anilines is 1. The van der Waals surface area contributed by atoms with Crippen LogP contribution in [0.1, 0.15) is 67.8 Å². The number of benzene rings is 1. The number of hydrogen-bond acceptors (Lipinski definition) is 3. The Balaban J connectivity index is 1.31. The maximum atomic E-state index is 13.0. The number of nitrogens with one attached hydrogen (secondary N) is 1. The molecule has 5 heteroatoms. The predicted octanol–water partition coefficient (Wildman–Crippen LogP) is 3.61. The van der Waals surface area contributed by atoms with Gasteiger partial charge < -0.3 is 15.3 Å². The van der Waals surface area contributed by atoms with Gasteiger partial charge >= 0.3 is 0 Å². The average molecular weight is 397 g/mol. The van der Waals surface area contributed by atoms with Crippen LogP contribution in [0.5, 0.6) is 0 Å². The maximum absolute atomic E-state index is 13.0. The minimum absolute atomic E-state index is 0.0391. The summed E-state index contributed by atoms with van der Waals surface area (Å²) in [5.74, 6) is 2.59. The summed E-state index contributed by atoms with van der Waals surface area (Å²) < 4.78 is 0. The van der Waals surface area contributed by atoms with Crippen LogP contribution < -0.4 is 5.32 Å². The van der Waals surface area contributed by atoms with Crippen molar-refractivity contribution >= 4 is 17.5 Å². The Bertz CT molecular complexity index is 798. The molecule has 156 valence electrons. The van der Waals surface area contributed by atoms with Gasteiger partial charge in [0.25, 0.3) is 5.91 Å². The van der Waals surface area contributed by atoms with E-state index >= 15 is 0 Å². The number of amides is 2. The molecule has 6 rings (SSSR count). The van der Waals surface area contributed by atoms with Crippen LogP contribution in [-0.2, 0) is 11.2 Å². The summed E-state index contributed by atoms with van der Waals surface area (Å²) in [6, 6.07) is 5.42. The lowest BCUT2D eigenvalue weighted by Gasteiger charge is -2.56. The van der Waals surface area contributed by atoms with Gasteiger partial charge in [-0.05, 0) is 92.7 Å². The molecule has 5 nitrogen and oxygen atoms in total. The summed E-state index contributed by atoms with van der Waals surface area (Å²) in [7, 11) is 0. The lowest BCUT2D eigenvalue weighted by atomic mass is 9.49. The molecular formula is C24H32N2O3. The highest BCUT2D eigenvalue weighted by atomic mass is 16.3. The summed E-state index contributed by atoms with van der Waals surface area (Å²) in [6.07, 6.45) is 9.18. The van der Waals surface area contributed by atoms with E-state index in [0.717, 1.165) is 29.0 Å². The van der Waals surface area contributed by atoms with Crippen molar-refractivity contribution in [1.29, 1.82) is 0 Å². The number of carbonyl (C=O) groups is 2. The van der Waals surface area contributed by atoms with Crippen LogP contribution in [0.15, 0.2) is 18.2 Å². The highest BCUT2D eigenvalue weighted by Crippen LogP contribution is 2.61. The van der Waals surface area contributed by atoms with Gasteiger partial charge in [0, 0.05) is 24.2 Å². The fraction of sp³-hybridized carbons (Fsp3) is 0.667. The molecule has 4 aliphatic carbocycles. The van der Waals surface area contributed by atoms with Crippen LogP contribution in [0.2, 0.25) is 0 Å². The third kappa shape index (κ3) is 3.37. The maximum Gasteiger partial charge on any atom is 0.254 e. The lowest BCUT2D eigenvalue weighted by molar-refractivity contribution is -0.124. The van der Waals surface area contributed by atoms with Crippen LogP contribution in [-0.4, -0.2) is 41.0 Å². The van der Waals surface area contributed by atoms with Gasteiger partial charge in [0.05, 0.1) is 12.6 Å². The Morgan fingerprint density at radius 1 is 1.21 bits per heavy atom. The van der Waals surface area contributed by atoms with Crippen LogP contribution in [0.3, 0.4) is 0 Å². The zero-order valence-electron chi connectivity index (χ0n) is 17.3. The van der Waals surface area contributed by atoms with Crippen molar-refractivity contribution in [3.05, 3.63) is 29.3 Å². The normalized spacial score (nSPS) is 33.5. The number of hydrogen-bond donors (Lipinski definition) is 2. The van der Waals surface area contributed by atoms with Gasteiger partial charge in [-0.15, -0.1) is 0 Å². The van der Waals surface area contributed by atoms with Crippen LogP contribution in [0.25, 0.3) is 0 Å². The van der Waals surface area contributed by atoms with Gasteiger partial charge in [0.1, 0.15) is 0 Å². The highest BCUT2D eigenvalue weighted by Gasteiger charge is 2.51. The first-order chi connectivity index (χ1) is 14.0. The zero-order valence-corrected chi connectivity index (χ0v) is 17.3. The topological polar surface area (TPSA) is 69.6 Å². The van der Waals surface area contributed by atoms with Gasteiger partial charge in [-0.3, -0.25) is 9.59 Å². The second-order valence-corrected chi connectivity index (χ2v) is 10.3. The molecule has 29 heavy (non-hydrogen) atoms. The van der Waals surface area contributed by atoms with Crippen molar-refractivity contribution < 1.29 is 14.7 Å². The van der Waals surface area contributed by atoms with E-state index in [0.29, 0.717) is 24.9 Å². The predicted molar refractivity (Wildman–Crippen MR) is 112 cm³/mol. The number of nitrogens with zero attached hydrogens (tertiary/aromatic N) is 1.